The van der Waals surface area contributed by atoms with Crippen LogP contribution in [0.4, 0.5) is 0 Å². The van der Waals surface area contributed by atoms with Gasteiger partial charge in [-0.15, -0.1) is 0 Å². The molecule has 2 aromatic carbocycles. The van der Waals surface area contributed by atoms with Crippen molar-refractivity contribution in [2.24, 2.45) is 0 Å². The molecule has 1 heterocycles. The molecular weight excluding hydrogens is 386 g/mol. The Morgan fingerprint density at radius 2 is 1.67 bits per heavy atom. The van der Waals surface area contributed by atoms with Crippen molar-refractivity contribution >= 4 is 5.91 Å². The van der Waals surface area contributed by atoms with Crippen LogP contribution in [-0.2, 0) is 6.54 Å². The van der Waals surface area contributed by atoms with Crippen molar-refractivity contribution in [3.05, 3.63) is 70.8 Å². The van der Waals surface area contributed by atoms with Crippen molar-refractivity contribution in [2.75, 3.05) is 27.9 Å². The summed E-state index contributed by atoms with van der Waals surface area (Å²) in [6.07, 6.45) is 1.47. The first-order valence-corrected chi connectivity index (χ1v) is 9.27. The molecule has 0 aliphatic rings. The van der Waals surface area contributed by atoms with Gasteiger partial charge < -0.3 is 19.5 Å². The number of ether oxygens (including phenoxy) is 3. The van der Waals surface area contributed by atoms with Gasteiger partial charge in [-0.1, -0.05) is 0 Å². The van der Waals surface area contributed by atoms with Gasteiger partial charge in [0.1, 0.15) is 17.2 Å². The van der Waals surface area contributed by atoms with E-state index in [9.17, 15) is 9.59 Å². The molecule has 0 aliphatic carbocycles. The van der Waals surface area contributed by atoms with Crippen LogP contribution >= 0.6 is 0 Å². The third-order valence-electron chi connectivity index (χ3n) is 4.56. The normalized spacial score (nSPS) is 10.4. The molecule has 8 nitrogen and oxygen atoms in total. The highest BCUT2D eigenvalue weighted by molar-refractivity contribution is 5.97. The van der Waals surface area contributed by atoms with Crippen LogP contribution in [0, 0.1) is 0 Å². The predicted octanol–water partition coefficient (Wildman–Crippen LogP) is 2.37. The third kappa shape index (κ3) is 4.78. The van der Waals surface area contributed by atoms with Crippen molar-refractivity contribution in [2.45, 2.75) is 6.54 Å². The van der Waals surface area contributed by atoms with Crippen LogP contribution in [0.25, 0.3) is 11.3 Å². The number of methoxy groups -OCH3 is 3. The van der Waals surface area contributed by atoms with Crippen molar-refractivity contribution in [1.82, 2.24) is 14.9 Å². The van der Waals surface area contributed by atoms with Crippen LogP contribution in [0.2, 0.25) is 0 Å². The predicted molar refractivity (Wildman–Crippen MR) is 112 cm³/mol. The Morgan fingerprint density at radius 1 is 0.967 bits per heavy atom. The molecule has 0 atom stereocenters. The maximum Gasteiger partial charge on any atom is 0.255 e. The molecule has 8 heteroatoms. The van der Waals surface area contributed by atoms with Gasteiger partial charge in [0.15, 0.2) is 0 Å². The summed E-state index contributed by atoms with van der Waals surface area (Å²) in [6, 6.07) is 13.7. The second-order valence-electron chi connectivity index (χ2n) is 6.36. The molecule has 156 valence electrons. The fourth-order valence-corrected chi connectivity index (χ4v) is 2.88. The number of aromatic nitrogens is 2. The Bertz CT molecular complexity index is 1080. The van der Waals surface area contributed by atoms with E-state index < -0.39 is 0 Å². The fraction of sp³-hybridized carbons (Fsp3) is 0.227. The summed E-state index contributed by atoms with van der Waals surface area (Å²) in [5.74, 6) is 1.44. The lowest BCUT2D eigenvalue weighted by atomic mass is 10.1. The molecule has 0 saturated carbocycles. The third-order valence-corrected chi connectivity index (χ3v) is 4.56. The maximum absolute atomic E-state index is 12.4. The van der Waals surface area contributed by atoms with Gasteiger partial charge in [0.2, 0.25) is 0 Å². The first-order chi connectivity index (χ1) is 14.5. The second-order valence-corrected chi connectivity index (χ2v) is 6.36. The summed E-state index contributed by atoms with van der Waals surface area (Å²) < 4.78 is 17.0. The molecule has 1 amide bonds. The molecule has 0 saturated heterocycles. The highest BCUT2D eigenvalue weighted by Crippen LogP contribution is 2.24. The van der Waals surface area contributed by atoms with E-state index in [1.807, 2.05) is 24.3 Å². The van der Waals surface area contributed by atoms with E-state index in [1.54, 1.807) is 32.4 Å². The molecule has 3 aromatic rings. The molecule has 0 bridgehead atoms. The first kappa shape index (κ1) is 20.9. The number of nitrogens with zero attached hydrogens (tertiary/aromatic N) is 2. The monoisotopic (exact) mass is 409 g/mol. The number of carbonyl (C=O) groups is 1. The number of rotatable bonds is 8. The van der Waals surface area contributed by atoms with Crippen LogP contribution in [0.5, 0.6) is 17.2 Å². The number of amides is 1. The summed E-state index contributed by atoms with van der Waals surface area (Å²) >= 11 is 0. The average molecular weight is 409 g/mol. The summed E-state index contributed by atoms with van der Waals surface area (Å²) in [6.45, 7) is 0.552. The Balaban J connectivity index is 1.63. The van der Waals surface area contributed by atoms with Gasteiger partial charge in [0.25, 0.3) is 11.5 Å². The Hall–Kier alpha value is -3.81. The molecule has 3 rings (SSSR count). The molecule has 0 aliphatic heterocycles. The number of nitrogens with one attached hydrogen (secondary N) is 1. The molecule has 0 spiro atoms. The van der Waals surface area contributed by atoms with Crippen molar-refractivity contribution in [1.29, 1.82) is 0 Å². The molecular formula is C22H23N3O5. The number of hydrogen-bond acceptors (Lipinski definition) is 6. The number of hydrogen-bond donors (Lipinski definition) is 1. The number of benzene rings is 2. The highest BCUT2D eigenvalue weighted by Gasteiger charge is 2.13. The van der Waals surface area contributed by atoms with E-state index in [-0.39, 0.29) is 18.0 Å². The first-order valence-electron chi connectivity index (χ1n) is 9.27. The largest absolute Gasteiger partial charge is 0.497 e. The highest BCUT2D eigenvalue weighted by atomic mass is 16.5. The molecule has 0 fully saturated rings. The molecule has 30 heavy (non-hydrogen) atoms. The Kier molecular flexibility index (Phi) is 6.69. The van der Waals surface area contributed by atoms with Gasteiger partial charge in [-0.05, 0) is 36.4 Å². The molecule has 0 radical (unpaired) electrons. The summed E-state index contributed by atoms with van der Waals surface area (Å²) in [5.41, 5.74) is 1.58. The molecule has 1 aromatic heterocycles. The van der Waals surface area contributed by atoms with Crippen molar-refractivity contribution in [3.8, 4) is 28.5 Å². The zero-order valence-electron chi connectivity index (χ0n) is 17.0. The van der Waals surface area contributed by atoms with Gasteiger partial charge in [-0.3, -0.25) is 14.2 Å². The molecule has 0 unspecified atom stereocenters. The van der Waals surface area contributed by atoms with Crippen LogP contribution < -0.4 is 25.1 Å². The maximum atomic E-state index is 12.4. The average Bonchev–Trinajstić information content (AvgIpc) is 2.79. The topological polar surface area (TPSA) is 91.7 Å². The van der Waals surface area contributed by atoms with E-state index in [2.05, 4.69) is 10.3 Å². The van der Waals surface area contributed by atoms with Crippen LogP contribution in [0.15, 0.2) is 59.7 Å². The van der Waals surface area contributed by atoms with Gasteiger partial charge in [0, 0.05) is 30.8 Å². The second kappa shape index (κ2) is 9.60. The minimum absolute atomic E-state index is 0.202. The fourth-order valence-electron chi connectivity index (χ4n) is 2.88. The van der Waals surface area contributed by atoms with E-state index in [0.29, 0.717) is 29.3 Å². The van der Waals surface area contributed by atoms with Crippen LogP contribution in [0.1, 0.15) is 10.4 Å². The van der Waals surface area contributed by atoms with Gasteiger partial charge in [-0.2, -0.15) is 0 Å². The van der Waals surface area contributed by atoms with Crippen molar-refractivity contribution in [3.63, 3.8) is 0 Å². The van der Waals surface area contributed by atoms with E-state index in [1.165, 1.54) is 24.1 Å². The van der Waals surface area contributed by atoms with E-state index in [0.717, 1.165) is 11.3 Å². The van der Waals surface area contributed by atoms with Crippen molar-refractivity contribution < 1.29 is 19.0 Å². The standard InChI is InChI=1S/C22H23N3O5/c1-28-16-6-4-15(5-7-16)19-13-21(26)25(14-24-19)11-10-23-22(27)18-9-8-17(29-2)12-20(18)30-3/h4-9,12-14H,10-11H2,1-3H3,(H,23,27). The van der Waals surface area contributed by atoms with Gasteiger partial charge in [0.05, 0.1) is 38.9 Å². The quantitative estimate of drug-likeness (QED) is 0.614. The summed E-state index contributed by atoms with van der Waals surface area (Å²) in [4.78, 5) is 29.2. The SMILES string of the molecule is COc1ccc(-c2cc(=O)n(CCNC(=O)c3ccc(OC)cc3OC)cn2)cc1. The Morgan fingerprint density at radius 3 is 2.30 bits per heavy atom. The minimum Gasteiger partial charge on any atom is -0.497 e. The minimum atomic E-state index is -0.301. The lowest BCUT2D eigenvalue weighted by molar-refractivity contribution is 0.0949. The van der Waals surface area contributed by atoms with Crippen LogP contribution in [0.3, 0.4) is 0 Å². The van der Waals surface area contributed by atoms with Gasteiger partial charge in [-0.25, -0.2) is 4.98 Å². The zero-order chi connectivity index (χ0) is 21.5. The Labute approximate surface area is 174 Å². The summed E-state index contributed by atoms with van der Waals surface area (Å²) in [7, 11) is 4.62. The van der Waals surface area contributed by atoms with E-state index >= 15 is 0 Å². The smallest absolute Gasteiger partial charge is 0.255 e. The zero-order valence-corrected chi connectivity index (χ0v) is 17.0. The lowest BCUT2D eigenvalue weighted by Crippen LogP contribution is -2.31. The van der Waals surface area contributed by atoms with Crippen LogP contribution in [-0.4, -0.2) is 43.3 Å². The lowest BCUT2D eigenvalue weighted by Gasteiger charge is -2.11. The van der Waals surface area contributed by atoms with Gasteiger partial charge >= 0.3 is 0 Å². The van der Waals surface area contributed by atoms with E-state index in [4.69, 9.17) is 14.2 Å². The summed E-state index contributed by atoms with van der Waals surface area (Å²) in [5, 5.41) is 2.78. The molecule has 1 N–H and O–H groups in total. The number of carbonyl (C=O) groups excluding carboxylic acids is 1.